The Hall–Kier alpha value is -2.51. The number of benzene rings is 1. The lowest BCUT2D eigenvalue weighted by molar-refractivity contribution is -0.118. The zero-order valence-corrected chi connectivity index (χ0v) is 16.6. The van der Waals surface area contributed by atoms with Crippen molar-refractivity contribution in [1.82, 2.24) is 19.8 Å². The monoisotopic (exact) mass is 384 g/mol. The molecule has 0 aliphatic carbocycles. The van der Waals surface area contributed by atoms with Crippen molar-refractivity contribution in [3.05, 3.63) is 66.4 Å². The number of nitrogens with one attached hydrogen (secondary N) is 1. The van der Waals surface area contributed by atoms with Crippen molar-refractivity contribution in [2.75, 3.05) is 26.4 Å². The van der Waals surface area contributed by atoms with E-state index in [1.54, 1.807) is 12.5 Å². The average Bonchev–Trinajstić information content (AvgIpc) is 3.32. The zero-order chi connectivity index (χ0) is 19.2. The Morgan fingerprint density at radius 3 is 2.81 bits per heavy atom. The van der Waals surface area contributed by atoms with Gasteiger partial charge < -0.3 is 9.73 Å². The summed E-state index contributed by atoms with van der Waals surface area (Å²) in [5.74, 6) is 1.11. The van der Waals surface area contributed by atoms with Crippen molar-refractivity contribution in [1.29, 1.82) is 0 Å². The molecule has 0 saturated heterocycles. The molecule has 0 aliphatic rings. The second kappa shape index (κ2) is 8.92. The van der Waals surface area contributed by atoms with Crippen molar-refractivity contribution in [2.45, 2.75) is 18.1 Å². The van der Waals surface area contributed by atoms with Gasteiger partial charge in [-0.2, -0.15) is 0 Å². The van der Waals surface area contributed by atoms with Gasteiger partial charge in [0, 0.05) is 18.9 Å². The Kier molecular flexibility index (Phi) is 6.36. The lowest BCUT2D eigenvalue weighted by Gasteiger charge is -2.22. The van der Waals surface area contributed by atoms with Gasteiger partial charge in [-0.15, -0.1) is 0 Å². The van der Waals surface area contributed by atoms with Crippen LogP contribution < -0.4 is 5.32 Å². The van der Waals surface area contributed by atoms with E-state index in [0.717, 1.165) is 22.2 Å². The highest BCUT2D eigenvalue weighted by molar-refractivity contribution is 7.99. The number of hydrogen-bond acceptors (Lipinski definition) is 5. The summed E-state index contributed by atoms with van der Waals surface area (Å²) in [5, 5.41) is 3.79. The van der Waals surface area contributed by atoms with Gasteiger partial charge >= 0.3 is 0 Å². The minimum Gasteiger partial charge on any atom is -0.468 e. The molecule has 7 heteroatoms. The van der Waals surface area contributed by atoms with Crippen LogP contribution in [-0.4, -0.2) is 46.8 Å². The van der Waals surface area contributed by atoms with Crippen LogP contribution in [0.2, 0.25) is 0 Å². The number of likely N-dealkylation sites (N-methyl/N-ethyl adjacent to an activating group) is 1. The lowest BCUT2D eigenvalue weighted by atomic mass is 10.2. The number of thioether (sulfide) groups is 1. The van der Waals surface area contributed by atoms with Gasteiger partial charge in [-0.25, -0.2) is 4.98 Å². The quantitative estimate of drug-likeness (QED) is 0.604. The number of carbonyl (C=O) groups is 1. The van der Waals surface area contributed by atoms with Crippen molar-refractivity contribution >= 4 is 17.7 Å². The van der Waals surface area contributed by atoms with E-state index in [1.807, 2.05) is 60.1 Å². The number of aryl methyl sites for hydroxylation is 1. The van der Waals surface area contributed by atoms with Crippen molar-refractivity contribution < 1.29 is 9.21 Å². The molecule has 142 valence electrons. The largest absolute Gasteiger partial charge is 0.468 e. The molecule has 0 fully saturated rings. The van der Waals surface area contributed by atoms with Crippen LogP contribution in [0.4, 0.5) is 0 Å². The van der Waals surface area contributed by atoms with E-state index in [9.17, 15) is 4.79 Å². The highest BCUT2D eigenvalue weighted by Gasteiger charge is 2.18. The number of furan rings is 1. The van der Waals surface area contributed by atoms with Crippen LogP contribution >= 0.6 is 11.8 Å². The third-order valence-corrected chi connectivity index (χ3v) is 5.27. The summed E-state index contributed by atoms with van der Waals surface area (Å²) in [7, 11) is 3.93. The SMILES string of the molecule is Cc1ccccc1-n1ccnc1SCC(=O)NCC(c1ccco1)N(C)C. The predicted octanol–water partition coefficient (Wildman–Crippen LogP) is 3.28. The Balaban J connectivity index is 1.57. The highest BCUT2D eigenvalue weighted by Crippen LogP contribution is 2.22. The van der Waals surface area contributed by atoms with E-state index in [2.05, 4.69) is 23.3 Å². The molecule has 1 aromatic carbocycles. The first-order chi connectivity index (χ1) is 13.1. The summed E-state index contributed by atoms with van der Waals surface area (Å²) in [6.45, 7) is 2.55. The van der Waals surface area contributed by atoms with Crippen molar-refractivity contribution in [3.63, 3.8) is 0 Å². The number of aromatic nitrogens is 2. The van der Waals surface area contributed by atoms with Crippen LogP contribution in [0.3, 0.4) is 0 Å². The molecule has 1 N–H and O–H groups in total. The number of hydrogen-bond donors (Lipinski definition) is 1. The Morgan fingerprint density at radius 1 is 1.30 bits per heavy atom. The van der Waals surface area contributed by atoms with Crippen LogP contribution in [0.25, 0.3) is 5.69 Å². The molecule has 0 radical (unpaired) electrons. The van der Waals surface area contributed by atoms with Crippen LogP contribution in [0.5, 0.6) is 0 Å². The highest BCUT2D eigenvalue weighted by atomic mass is 32.2. The first kappa shape index (κ1) is 19.3. The second-order valence-corrected chi connectivity index (χ2v) is 7.40. The molecule has 0 spiro atoms. The van der Waals surface area contributed by atoms with Gasteiger partial charge in [0.15, 0.2) is 5.16 Å². The van der Waals surface area contributed by atoms with E-state index >= 15 is 0 Å². The van der Waals surface area contributed by atoms with Gasteiger partial charge in [0.25, 0.3) is 0 Å². The molecule has 0 saturated carbocycles. The fourth-order valence-corrected chi connectivity index (χ4v) is 3.62. The topological polar surface area (TPSA) is 63.3 Å². The maximum atomic E-state index is 12.3. The summed E-state index contributed by atoms with van der Waals surface area (Å²) in [6.07, 6.45) is 5.32. The molecule has 1 unspecified atom stereocenters. The van der Waals surface area contributed by atoms with Gasteiger partial charge in [0.2, 0.25) is 5.91 Å². The maximum Gasteiger partial charge on any atom is 0.230 e. The smallest absolute Gasteiger partial charge is 0.230 e. The standard InChI is InChI=1S/C20H24N4O2S/c1-15-7-4-5-8-16(15)24-11-10-21-20(24)27-14-19(25)22-13-17(23(2)3)18-9-6-12-26-18/h4-12,17H,13-14H2,1-3H3,(H,22,25). The molecule has 3 aromatic rings. The molecule has 1 amide bonds. The normalized spacial score (nSPS) is 12.3. The number of rotatable bonds is 8. The van der Waals surface area contributed by atoms with E-state index in [1.165, 1.54) is 11.8 Å². The van der Waals surface area contributed by atoms with E-state index in [-0.39, 0.29) is 11.9 Å². The lowest BCUT2D eigenvalue weighted by Crippen LogP contribution is -2.35. The molecule has 27 heavy (non-hydrogen) atoms. The summed E-state index contributed by atoms with van der Waals surface area (Å²) in [6, 6.07) is 11.9. The summed E-state index contributed by atoms with van der Waals surface area (Å²) < 4.78 is 7.49. The number of nitrogens with zero attached hydrogens (tertiary/aromatic N) is 3. The molecule has 0 bridgehead atoms. The molecule has 2 aromatic heterocycles. The van der Waals surface area contributed by atoms with Gasteiger partial charge in [0.05, 0.1) is 23.7 Å². The van der Waals surface area contributed by atoms with E-state index < -0.39 is 0 Å². The third-order valence-electron chi connectivity index (χ3n) is 4.30. The third kappa shape index (κ3) is 4.81. The van der Waals surface area contributed by atoms with Crippen molar-refractivity contribution in [3.8, 4) is 5.69 Å². The van der Waals surface area contributed by atoms with Gasteiger partial charge in [-0.1, -0.05) is 30.0 Å². The fourth-order valence-electron chi connectivity index (χ4n) is 2.82. The number of imidazole rings is 1. The molecule has 2 heterocycles. The number of carbonyl (C=O) groups excluding carboxylic acids is 1. The zero-order valence-electron chi connectivity index (χ0n) is 15.8. The molecular formula is C20H24N4O2S. The first-order valence-corrected chi connectivity index (χ1v) is 9.73. The maximum absolute atomic E-state index is 12.3. The fraction of sp³-hybridized carbons (Fsp3) is 0.300. The number of amides is 1. The number of para-hydroxylation sites is 1. The minimum atomic E-state index is -0.0299. The molecule has 6 nitrogen and oxygen atoms in total. The molecule has 1 atom stereocenters. The van der Waals surface area contributed by atoms with Crippen molar-refractivity contribution in [2.24, 2.45) is 0 Å². The van der Waals surface area contributed by atoms with Gasteiger partial charge in [-0.3, -0.25) is 14.3 Å². The Bertz CT molecular complexity index is 874. The summed E-state index contributed by atoms with van der Waals surface area (Å²) in [5.41, 5.74) is 2.23. The van der Waals surface area contributed by atoms with Crippen LogP contribution in [0, 0.1) is 6.92 Å². The molecule has 0 aliphatic heterocycles. The summed E-state index contributed by atoms with van der Waals surface area (Å²) >= 11 is 1.43. The second-order valence-electron chi connectivity index (χ2n) is 6.45. The predicted molar refractivity (Wildman–Crippen MR) is 107 cm³/mol. The average molecular weight is 385 g/mol. The summed E-state index contributed by atoms with van der Waals surface area (Å²) in [4.78, 5) is 18.7. The van der Waals surface area contributed by atoms with Crippen LogP contribution in [0.1, 0.15) is 17.4 Å². The minimum absolute atomic E-state index is 0.00269. The van der Waals surface area contributed by atoms with Gasteiger partial charge in [0.1, 0.15) is 5.76 Å². The van der Waals surface area contributed by atoms with E-state index in [4.69, 9.17) is 4.42 Å². The van der Waals surface area contributed by atoms with Gasteiger partial charge in [-0.05, 0) is 44.8 Å². The first-order valence-electron chi connectivity index (χ1n) is 8.75. The van der Waals surface area contributed by atoms with Crippen LogP contribution in [-0.2, 0) is 4.79 Å². The molecule has 3 rings (SSSR count). The van der Waals surface area contributed by atoms with Crippen LogP contribution in [0.15, 0.2) is 64.6 Å². The van der Waals surface area contributed by atoms with E-state index in [0.29, 0.717) is 12.3 Å². The Morgan fingerprint density at radius 2 is 2.11 bits per heavy atom. The Labute approximate surface area is 163 Å². The molecular weight excluding hydrogens is 360 g/mol.